The zero-order valence-corrected chi connectivity index (χ0v) is 9.38. The molecule has 0 saturated carbocycles. The molecule has 13 heavy (non-hydrogen) atoms. The topological polar surface area (TPSA) is 23.5 Å². The fourth-order valence-corrected chi connectivity index (χ4v) is 2.23. The molecule has 1 N–H and O–H groups in total. The first kappa shape index (κ1) is 11.0. The van der Waals surface area contributed by atoms with E-state index in [0.717, 1.165) is 25.8 Å². The van der Waals surface area contributed by atoms with E-state index in [2.05, 4.69) is 32.6 Å². The van der Waals surface area contributed by atoms with Crippen LogP contribution in [0.4, 0.5) is 0 Å². The first-order chi connectivity index (χ1) is 5.97. The van der Waals surface area contributed by atoms with Crippen molar-refractivity contribution in [2.45, 2.75) is 64.6 Å². The van der Waals surface area contributed by atoms with Gasteiger partial charge in [0.2, 0.25) is 0 Å². The Bertz CT molecular complexity index is 167. The minimum atomic E-state index is -0.109. The normalized spacial score (nSPS) is 31.6. The number of hydrogen-bond donors (Lipinski definition) is 1. The van der Waals surface area contributed by atoms with Crippen LogP contribution in [0.2, 0.25) is 0 Å². The SMILES string of the molecule is CCC(C)N1CC(O)CCC1(C)C. The molecular formula is C11H23NO. The lowest BCUT2D eigenvalue weighted by Crippen LogP contribution is -2.55. The van der Waals surface area contributed by atoms with Gasteiger partial charge in [-0.15, -0.1) is 0 Å². The van der Waals surface area contributed by atoms with Crippen LogP contribution in [0.5, 0.6) is 0 Å². The van der Waals surface area contributed by atoms with E-state index in [0.29, 0.717) is 6.04 Å². The molecule has 0 amide bonds. The fourth-order valence-electron chi connectivity index (χ4n) is 2.23. The van der Waals surface area contributed by atoms with Gasteiger partial charge in [0.25, 0.3) is 0 Å². The van der Waals surface area contributed by atoms with Gasteiger partial charge in [-0.1, -0.05) is 6.92 Å². The van der Waals surface area contributed by atoms with E-state index in [1.807, 2.05) is 0 Å². The summed E-state index contributed by atoms with van der Waals surface area (Å²) in [5, 5.41) is 9.61. The minimum Gasteiger partial charge on any atom is -0.392 e. The third-order valence-electron chi connectivity index (χ3n) is 3.40. The van der Waals surface area contributed by atoms with Gasteiger partial charge in [-0.2, -0.15) is 0 Å². The number of β-amino-alcohol motifs (C(OH)–C–C–N with tert-alkyl or cyclic N) is 1. The van der Waals surface area contributed by atoms with Crippen LogP contribution in [0, 0.1) is 0 Å². The average Bonchev–Trinajstić information content (AvgIpc) is 2.08. The summed E-state index contributed by atoms with van der Waals surface area (Å²) in [6.07, 6.45) is 3.12. The molecule has 2 atom stereocenters. The first-order valence-electron chi connectivity index (χ1n) is 5.42. The van der Waals surface area contributed by atoms with E-state index in [4.69, 9.17) is 0 Å². The molecule has 2 unspecified atom stereocenters. The molecule has 0 spiro atoms. The summed E-state index contributed by atoms with van der Waals surface area (Å²) in [6, 6.07) is 0.588. The minimum absolute atomic E-state index is 0.109. The smallest absolute Gasteiger partial charge is 0.0668 e. The molecule has 1 fully saturated rings. The van der Waals surface area contributed by atoms with Crippen LogP contribution in [0.3, 0.4) is 0 Å². The Morgan fingerprint density at radius 1 is 1.54 bits per heavy atom. The maximum absolute atomic E-state index is 9.61. The van der Waals surface area contributed by atoms with Crippen LogP contribution in [0.25, 0.3) is 0 Å². The fraction of sp³-hybridized carbons (Fsp3) is 1.00. The van der Waals surface area contributed by atoms with Crippen LogP contribution in [-0.4, -0.2) is 34.2 Å². The Balaban J connectivity index is 2.66. The van der Waals surface area contributed by atoms with E-state index in [1.165, 1.54) is 0 Å². The lowest BCUT2D eigenvalue weighted by Gasteiger charge is -2.47. The standard InChI is InChI=1S/C11H23NO/c1-5-9(2)12-8-10(13)6-7-11(12,3)4/h9-10,13H,5-8H2,1-4H3. The third kappa shape index (κ3) is 2.44. The Kier molecular flexibility index (Phi) is 3.36. The van der Waals surface area contributed by atoms with Crippen molar-refractivity contribution in [3.05, 3.63) is 0 Å². The number of hydrogen-bond acceptors (Lipinski definition) is 2. The molecule has 0 bridgehead atoms. The number of nitrogens with zero attached hydrogens (tertiary/aromatic N) is 1. The summed E-state index contributed by atoms with van der Waals surface area (Å²) in [5.41, 5.74) is 0.272. The van der Waals surface area contributed by atoms with Crippen molar-refractivity contribution in [2.24, 2.45) is 0 Å². The van der Waals surface area contributed by atoms with Crippen molar-refractivity contribution in [1.29, 1.82) is 0 Å². The summed E-state index contributed by atoms with van der Waals surface area (Å²) in [4.78, 5) is 2.45. The zero-order valence-electron chi connectivity index (χ0n) is 9.38. The predicted octanol–water partition coefficient (Wildman–Crippen LogP) is 2.02. The summed E-state index contributed by atoms with van der Waals surface area (Å²) < 4.78 is 0. The molecule has 1 rings (SSSR count). The quantitative estimate of drug-likeness (QED) is 0.711. The van der Waals surface area contributed by atoms with Crippen molar-refractivity contribution >= 4 is 0 Å². The van der Waals surface area contributed by atoms with Gasteiger partial charge in [-0.25, -0.2) is 0 Å². The maximum atomic E-state index is 9.61. The van der Waals surface area contributed by atoms with Crippen LogP contribution in [-0.2, 0) is 0 Å². The van der Waals surface area contributed by atoms with E-state index in [1.54, 1.807) is 0 Å². The molecule has 1 saturated heterocycles. The van der Waals surface area contributed by atoms with Crippen LogP contribution < -0.4 is 0 Å². The van der Waals surface area contributed by atoms with Gasteiger partial charge in [0.1, 0.15) is 0 Å². The molecule has 78 valence electrons. The third-order valence-corrected chi connectivity index (χ3v) is 3.40. The molecule has 0 aliphatic carbocycles. The molecule has 2 heteroatoms. The largest absolute Gasteiger partial charge is 0.392 e. The molecule has 0 aromatic rings. The second-order valence-corrected chi connectivity index (χ2v) is 4.91. The zero-order chi connectivity index (χ0) is 10.1. The number of aliphatic hydroxyl groups is 1. The molecule has 1 aliphatic heterocycles. The van der Waals surface area contributed by atoms with Crippen LogP contribution in [0.1, 0.15) is 47.0 Å². The molecule has 1 heterocycles. The number of rotatable bonds is 2. The second kappa shape index (κ2) is 3.97. The summed E-state index contributed by atoms with van der Waals surface area (Å²) in [6.45, 7) is 9.87. The molecular weight excluding hydrogens is 162 g/mol. The summed E-state index contributed by atoms with van der Waals surface area (Å²) >= 11 is 0. The average molecular weight is 185 g/mol. The van der Waals surface area contributed by atoms with Gasteiger partial charge in [-0.3, -0.25) is 4.90 Å². The van der Waals surface area contributed by atoms with Crippen molar-refractivity contribution < 1.29 is 5.11 Å². The maximum Gasteiger partial charge on any atom is 0.0668 e. The van der Waals surface area contributed by atoms with Crippen molar-refractivity contribution in [3.8, 4) is 0 Å². The highest BCUT2D eigenvalue weighted by molar-refractivity contribution is 4.91. The van der Waals surface area contributed by atoms with Gasteiger partial charge in [-0.05, 0) is 40.0 Å². The summed E-state index contributed by atoms with van der Waals surface area (Å²) in [5.74, 6) is 0. The molecule has 1 aliphatic rings. The second-order valence-electron chi connectivity index (χ2n) is 4.91. The predicted molar refractivity (Wildman–Crippen MR) is 55.8 cm³/mol. The number of aliphatic hydroxyl groups excluding tert-OH is 1. The first-order valence-corrected chi connectivity index (χ1v) is 5.42. The monoisotopic (exact) mass is 185 g/mol. The highest BCUT2D eigenvalue weighted by Crippen LogP contribution is 2.29. The van der Waals surface area contributed by atoms with Crippen molar-refractivity contribution in [3.63, 3.8) is 0 Å². The highest BCUT2D eigenvalue weighted by Gasteiger charge is 2.35. The summed E-state index contributed by atoms with van der Waals surface area (Å²) in [7, 11) is 0. The number of likely N-dealkylation sites (tertiary alicyclic amines) is 1. The highest BCUT2D eigenvalue weighted by atomic mass is 16.3. The molecule has 0 radical (unpaired) electrons. The van der Waals surface area contributed by atoms with E-state index in [9.17, 15) is 5.11 Å². The van der Waals surface area contributed by atoms with E-state index >= 15 is 0 Å². The van der Waals surface area contributed by atoms with Gasteiger partial charge in [0, 0.05) is 18.1 Å². The van der Waals surface area contributed by atoms with Crippen molar-refractivity contribution in [2.75, 3.05) is 6.54 Å². The molecule has 2 nitrogen and oxygen atoms in total. The van der Waals surface area contributed by atoms with Crippen LogP contribution in [0.15, 0.2) is 0 Å². The molecule has 0 aromatic carbocycles. The van der Waals surface area contributed by atoms with Gasteiger partial charge < -0.3 is 5.11 Å². The van der Waals surface area contributed by atoms with Crippen LogP contribution >= 0.6 is 0 Å². The van der Waals surface area contributed by atoms with Crippen molar-refractivity contribution in [1.82, 2.24) is 4.90 Å². The van der Waals surface area contributed by atoms with E-state index < -0.39 is 0 Å². The van der Waals surface area contributed by atoms with Gasteiger partial charge >= 0.3 is 0 Å². The van der Waals surface area contributed by atoms with Gasteiger partial charge in [0.15, 0.2) is 0 Å². The lowest BCUT2D eigenvalue weighted by molar-refractivity contribution is -0.0278. The number of piperidine rings is 1. The molecule has 0 aromatic heterocycles. The Hall–Kier alpha value is -0.0800. The Morgan fingerprint density at radius 3 is 2.69 bits per heavy atom. The lowest BCUT2D eigenvalue weighted by atomic mass is 9.87. The van der Waals surface area contributed by atoms with E-state index in [-0.39, 0.29) is 11.6 Å². The Morgan fingerprint density at radius 2 is 2.15 bits per heavy atom. The Labute approximate surface area is 81.9 Å². The van der Waals surface area contributed by atoms with Gasteiger partial charge in [0.05, 0.1) is 6.10 Å².